The van der Waals surface area contributed by atoms with Gasteiger partial charge in [0.25, 0.3) is 5.91 Å². The van der Waals surface area contributed by atoms with Crippen LogP contribution in [-0.4, -0.2) is 12.5 Å². The van der Waals surface area contributed by atoms with Gasteiger partial charge in [-0.2, -0.15) is 0 Å². The van der Waals surface area contributed by atoms with E-state index in [4.69, 9.17) is 0 Å². The molecule has 3 heteroatoms. The second-order valence-electron chi connectivity index (χ2n) is 3.53. The number of nitrogens with one attached hydrogen (secondary N) is 2. The molecule has 1 aromatic carbocycles. The summed E-state index contributed by atoms with van der Waals surface area (Å²) in [6.07, 6.45) is 2.93. The monoisotopic (exact) mass is 202 g/mol. The lowest BCUT2D eigenvalue weighted by Crippen LogP contribution is -2.25. The van der Waals surface area contributed by atoms with Gasteiger partial charge in [0.05, 0.1) is 0 Å². The van der Waals surface area contributed by atoms with Crippen molar-refractivity contribution in [2.45, 2.75) is 13.3 Å². The number of rotatable bonds is 2. The standard InChI is InChI=1S/C12H14N2O/c1-2-9-5-3-4-6-10(9)7-11-8-13-14-12(11)15/h3-7,13H,2,8H2,1H3,(H,14,15)/b11-7+. The molecule has 1 heterocycles. The Balaban J connectivity index is 2.34. The van der Waals surface area contributed by atoms with E-state index in [0.29, 0.717) is 6.54 Å². The van der Waals surface area contributed by atoms with Crippen molar-refractivity contribution in [3.63, 3.8) is 0 Å². The maximum absolute atomic E-state index is 11.3. The lowest BCUT2D eigenvalue weighted by Gasteiger charge is -2.02. The van der Waals surface area contributed by atoms with E-state index in [1.807, 2.05) is 24.3 Å². The van der Waals surface area contributed by atoms with Gasteiger partial charge in [0, 0.05) is 12.1 Å². The number of benzene rings is 1. The van der Waals surface area contributed by atoms with E-state index in [1.165, 1.54) is 5.56 Å². The number of carbonyl (C=O) groups excluding carboxylic acids is 1. The predicted octanol–water partition coefficient (Wildman–Crippen LogP) is 1.27. The molecule has 1 saturated heterocycles. The van der Waals surface area contributed by atoms with Crippen LogP contribution in [0.5, 0.6) is 0 Å². The highest BCUT2D eigenvalue weighted by atomic mass is 16.2. The van der Waals surface area contributed by atoms with Crippen LogP contribution in [-0.2, 0) is 11.2 Å². The van der Waals surface area contributed by atoms with Crippen molar-refractivity contribution in [2.75, 3.05) is 6.54 Å². The molecule has 78 valence electrons. The third kappa shape index (κ3) is 2.07. The second-order valence-corrected chi connectivity index (χ2v) is 3.53. The molecule has 0 aliphatic carbocycles. The van der Waals surface area contributed by atoms with E-state index in [2.05, 4.69) is 23.8 Å². The van der Waals surface area contributed by atoms with Crippen molar-refractivity contribution in [1.82, 2.24) is 10.9 Å². The number of amides is 1. The zero-order valence-electron chi connectivity index (χ0n) is 8.71. The first-order chi connectivity index (χ1) is 7.31. The molecule has 15 heavy (non-hydrogen) atoms. The fourth-order valence-electron chi connectivity index (χ4n) is 1.68. The number of aryl methyl sites for hydroxylation is 1. The van der Waals surface area contributed by atoms with Gasteiger partial charge in [-0.25, -0.2) is 5.43 Å². The molecular weight excluding hydrogens is 188 g/mol. The average molecular weight is 202 g/mol. The van der Waals surface area contributed by atoms with E-state index < -0.39 is 0 Å². The summed E-state index contributed by atoms with van der Waals surface area (Å²) < 4.78 is 0. The summed E-state index contributed by atoms with van der Waals surface area (Å²) in [7, 11) is 0. The van der Waals surface area contributed by atoms with Gasteiger partial charge in [-0.1, -0.05) is 31.2 Å². The molecule has 0 saturated carbocycles. The van der Waals surface area contributed by atoms with Crippen molar-refractivity contribution < 1.29 is 4.79 Å². The van der Waals surface area contributed by atoms with Gasteiger partial charge in [-0.3, -0.25) is 10.2 Å². The van der Waals surface area contributed by atoms with Gasteiger partial charge >= 0.3 is 0 Å². The molecular formula is C12H14N2O. The fraction of sp³-hybridized carbons (Fsp3) is 0.250. The van der Waals surface area contributed by atoms with E-state index in [-0.39, 0.29) is 5.91 Å². The molecule has 3 nitrogen and oxygen atoms in total. The van der Waals surface area contributed by atoms with Crippen LogP contribution in [0.15, 0.2) is 29.8 Å². The van der Waals surface area contributed by atoms with Gasteiger partial charge in [0.2, 0.25) is 0 Å². The first kappa shape index (κ1) is 9.93. The van der Waals surface area contributed by atoms with Crippen LogP contribution in [0.4, 0.5) is 0 Å². The second kappa shape index (κ2) is 4.28. The Morgan fingerprint density at radius 3 is 2.87 bits per heavy atom. The molecule has 0 atom stereocenters. The first-order valence-corrected chi connectivity index (χ1v) is 5.13. The van der Waals surface area contributed by atoms with E-state index in [0.717, 1.165) is 17.6 Å². The highest BCUT2D eigenvalue weighted by molar-refractivity contribution is 5.99. The van der Waals surface area contributed by atoms with Crippen molar-refractivity contribution in [3.8, 4) is 0 Å². The first-order valence-electron chi connectivity index (χ1n) is 5.13. The zero-order chi connectivity index (χ0) is 10.7. The Bertz CT molecular complexity index is 410. The van der Waals surface area contributed by atoms with Crippen LogP contribution in [0.1, 0.15) is 18.1 Å². The summed E-state index contributed by atoms with van der Waals surface area (Å²) in [6.45, 7) is 2.71. The zero-order valence-corrected chi connectivity index (χ0v) is 8.71. The highest BCUT2D eigenvalue weighted by Crippen LogP contribution is 2.14. The lowest BCUT2D eigenvalue weighted by atomic mass is 10.0. The topological polar surface area (TPSA) is 41.1 Å². The summed E-state index contributed by atoms with van der Waals surface area (Å²) in [5.74, 6) is -0.0269. The largest absolute Gasteiger partial charge is 0.287 e. The quantitative estimate of drug-likeness (QED) is 0.709. The molecule has 1 aliphatic heterocycles. The van der Waals surface area contributed by atoms with E-state index in [1.54, 1.807) is 0 Å². The highest BCUT2D eigenvalue weighted by Gasteiger charge is 2.15. The Kier molecular flexibility index (Phi) is 2.83. The normalized spacial score (nSPS) is 18.2. The lowest BCUT2D eigenvalue weighted by molar-refractivity contribution is -0.116. The molecule has 2 N–H and O–H groups in total. The Labute approximate surface area is 89.2 Å². The summed E-state index contributed by atoms with van der Waals surface area (Å²) in [5.41, 5.74) is 8.57. The molecule has 0 spiro atoms. The van der Waals surface area contributed by atoms with Crippen molar-refractivity contribution in [2.24, 2.45) is 0 Å². The van der Waals surface area contributed by atoms with Crippen LogP contribution in [0.25, 0.3) is 6.08 Å². The maximum atomic E-state index is 11.3. The summed E-state index contributed by atoms with van der Waals surface area (Å²) in [5, 5.41) is 0. The third-order valence-electron chi connectivity index (χ3n) is 2.54. The van der Waals surface area contributed by atoms with Crippen molar-refractivity contribution in [3.05, 3.63) is 41.0 Å². The van der Waals surface area contributed by atoms with Crippen LogP contribution in [0.2, 0.25) is 0 Å². The van der Waals surface area contributed by atoms with Gasteiger partial charge in [-0.05, 0) is 23.6 Å². The van der Waals surface area contributed by atoms with Crippen molar-refractivity contribution in [1.29, 1.82) is 0 Å². The average Bonchev–Trinajstić information content (AvgIpc) is 2.65. The van der Waals surface area contributed by atoms with Gasteiger partial charge in [-0.15, -0.1) is 0 Å². The molecule has 2 rings (SSSR count). The smallest absolute Gasteiger partial charge is 0.262 e. The van der Waals surface area contributed by atoms with E-state index in [9.17, 15) is 4.79 Å². The number of carbonyl (C=O) groups is 1. The SMILES string of the molecule is CCc1ccccc1/C=C1\CNNC1=O. The summed E-state index contributed by atoms with van der Waals surface area (Å²) >= 11 is 0. The minimum Gasteiger partial charge on any atom is -0.287 e. The van der Waals surface area contributed by atoms with Gasteiger partial charge < -0.3 is 0 Å². The molecule has 1 fully saturated rings. The number of hydrogen-bond donors (Lipinski definition) is 2. The minimum atomic E-state index is -0.0269. The molecule has 1 amide bonds. The predicted molar refractivity (Wildman–Crippen MR) is 59.9 cm³/mol. The molecule has 1 aliphatic rings. The van der Waals surface area contributed by atoms with E-state index >= 15 is 0 Å². The third-order valence-corrected chi connectivity index (χ3v) is 2.54. The van der Waals surface area contributed by atoms with Crippen LogP contribution in [0.3, 0.4) is 0 Å². The molecule has 0 aromatic heterocycles. The summed E-state index contributed by atoms with van der Waals surface area (Å²) in [6, 6.07) is 8.14. The maximum Gasteiger partial charge on any atom is 0.262 e. The number of hydrogen-bond acceptors (Lipinski definition) is 2. The van der Waals surface area contributed by atoms with Gasteiger partial charge in [0.1, 0.15) is 0 Å². The summed E-state index contributed by atoms with van der Waals surface area (Å²) in [4.78, 5) is 11.3. The van der Waals surface area contributed by atoms with Gasteiger partial charge in [0.15, 0.2) is 0 Å². The number of hydrazine groups is 1. The fourth-order valence-corrected chi connectivity index (χ4v) is 1.68. The van der Waals surface area contributed by atoms with Crippen molar-refractivity contribution >= 4 is 12.0 Å². The molecule has 0 radical (unpaired) electrons. The molecule has 0 unspecified atom stereocenters. The molecule has 1 aromatic rings. The Morgan fingerprint density at radius 1 is 1.40 bits per heavy atom. The molecule has 0 bridgehead atoms. The Hall–Kier alpha value is -1.61. The van der Waals surface area contributed by atoms with Crippen LogP contribution >= 0.6 is 0 Å². The van der Waals surface area contributed by atoms with Crippen LogP contribution in [0, 0.1) is 0 Å². The minimum absolute atomic E-state index is 0.0269. The van der Waals surface area contributed by atoms with Crippen LogP contribution < -0.4 is 10.9 Å². The Morgan fingerprint density at radius 2 is 2.20 bits per heavy atom.